The molecule has 0 aliphatic carbocycles. The lowest BCUT2D eigenvalue weighted by Gasteiger charge is -2.21. The smallest absolute Gasteiger partial charge is 0.407 e. The zero-order valence-corrected chi connectivity index (χ0v) is 18.7. The number of methoxy groups -OCH3 is 1. The third kappa shape index (κ3) is 5.61. The number of halogens is 3. The molecule has 6 nitrogen and oxygen atoms in total. The number of nitrogens with one attached hydrogen (secondary N) is 1. The maximum absolute atomic E-state index is 13.6. The first-order valence-electron chi connectivity index (χ1n) is 8.56. The van der Waals surface area contributed by atoms with Crippen LogP contribution in [-0.2, 0) is 11.3 Å². The summed E-state index contributed by atoms with van der Waals surface area (Å²) in [7, 11) is 1.41. The van der Waals surface area contributed by atoms with Gasteiger partial charge in [-0.1, -0.05) is 11.6 Å². The first-order chi connectivity index (χ1) is 13.4. The van der Waals surface area contributed by atoms with Gasteiger partial charge in [0.1, 0.15) is 17.2 Å². The van der Waals surface area contributed by atoms with E-state index in [1.54, 1.807) is 20.8 Å². The Morgan fingerprint density at radius 2 is 1.93 bits per heavy atom. The molecule has 0 aliphatic rings. The van der Waals surface area contributed by atoms with E-state index in [9.17, 15) is 14.0 Å². The number of nitrogen functional groups attached to an aromatic ring is 1. The van der Waals surface area contributed by atoms with Crippen molar-refractivity contribution in [3.8, 4) is 5.75 Å². The van der Waals surface area contributed by atoms with Crippen molar-refractivity contribution in [2.24, 2.45) is 0 Å². The molecule has 0 saturated heterocycles. The summed E-state index contributed by atoms with van der Waals surface area (Å²) in [5.74, 6) is -0.868. The van der Waals surface area contributed by atoms with Crippen molar-refractivity contribution in [1.82, 2.24) is 5.32 Å². The molecular weight excluding hydrogens is 467 g/mol. The Bertz CT molecular complexity index is 960. The predicted octanol–water partition coefficient (Wildman–Crippen LogP) is 5.09. The highest BCUT2D eigenvalue weighted by atomic mass is 79.9. The van der Waals surface area contributed by atoms with E-state index in [2.05, 4.69) is 21.2 Å². The van der Waals surface area contributed by atoms with Gasteiger partial charge in [-0.05, 0) is 61.0 Å². The van der Waals surface area contributed by atoms with E-state index in [0.717, 1.165) is 12.1 Å². The van der Waals surface area contributed by atoms with Crippen molar-refractivity contribution in [3.05, 3.63) is 56.3 Å². The highest BCUT2D eigenvalue weighted by molar-refractivity contribution is 9.10. The van der Waals surface area contributed by atoms with Crippen molar-refractivity contribution in [3.63, 3.8) is 0 Å². The van der Waals surface area contributed by atoms with Crippen LogP contribution in [0.15, 0.2) is 28.7 Å². The van der Waals surface area contributed by atoms with Crippen LogP contribution in [0.3, 0.4) is 0 Å². The van der Waals surface area contributed by atoms with Gasteiger partial charge in [-0.3, -0.25) is 4.79 Å². The molecule has 0 heterocycles. The SMILES string of the molecule is COc1c(CNC(=O)OC(C)(C)C)cc(N)c(C(=O)c2cc(F)ccc2Cl)c1Br. The van der Waals surface area contributed by atoms with Gasteiger partial charge in [-0.15, -0.1) is 0 Å². The molecule has 0 radical (unpaired) electrons. The van der Waals surface area contributed by atoms with Crippen molar-refractivity contribution < 1.29 is 23.5 Å². The van der Waals surface area contributed by atoms with Crippen LogP contribution in [0.5, 0.6) is 5.75 Å². The lowest BCUT2D eigenvalue weighted by Crippen LogP contribution is -2.32. The third-order valence-electron chi connectivity index (χ3n) is 3.76. The number of carbonyl (C=O) groups excluding carboxylic acids is 2. The molecule has 3 N–H and O–H groups in total. The number of anilines is 1. The molecule has 0 spiro atoms. The Balaban J connectivity index is 2.39. The molecule has 0 aromatic heterocycles. The summed E-state index contributed by atoms with van der Waals surface area (Å²) >= 11 is 9.38. The van der Waals surface area contributed by atoms with Crippen LogP contribution >= 0.6 is 27.5 Å². The first kappa shape index (κ1) is 23.0. The molecule has 0 unspecified atom stereocenters. The minimum atomic E-state index is -0.645. The number of amides is 1. The molecule has 2 aromatic carbocycles. The molecule has 0 aliphatic heterocycles. The third-order valence-corrected chi connectivity index (χ3v) is 4.84. The summed E-state index contributed by atoms with van der Waals surface area (Å²) in [5.41, 5.74) is 6.13. The zero-order chi connectivity index (χ0) is 21.9. The van der Waals surface area contributed by atoms with Crippen LogP contribution in [0, 0.1) is 5.82 Å². The fraction of sp³-hybridized carbons (Fsp3) is 0.300. The van der Waals surface area contributed by atoms with E-state index < -0.39 is 23.3 Å². The number of hydrogen-bond donors (Lipinski definition) is 2. The molecule has 9 heteroatoms. The van der Waals surface area contributed by atoms with Crippen LogP contribution < -0.4 is 15.8 Å². The quantitative estimate of drug-likeness (QED) is 0.453. The Kier molecular flexibility index (Phi) is 7.13. The predicted molar refractivity (Wildman–Crippen MR) is 113 cm³/mol. The standard InChI is InChI=1S/C20H21BrClFN2O4/c1-20(2,3)29-19(27)25-9-10-7-14(24)15(16(21)18(10)28-4)17(26)12-8-11(23)5-6-13(12)22/h5-8H,9,24H2,1-4H3,(H,25,27). The minimum absolute atomic E-state index is 0.0271. The van der Waals surface area contributed by atoms with Crippen LogP contribution in [0.25, 0.3) is 0 Å². The summed E-state index contributed by atoms with van der Waals surface area (Å²) in [6, 6.07) is 5.00. The average Bonchev–Trinajstić information content (AvgIpc) is 2.60. The van der Waals surface area contributed by atoms with Gasteiger partial charge < -0.3 is 20.5 Å². The number of benzene rings is 2. The van der Waals surface area contributed by atoms with Crippen molar-refractivity contribution in [2.75, 3.05) is 12.8 Å². The summed E-state index contributed by atoms with van der Waals surface area (Å²) in [4.78, 5) is 24.9. The number of ketones is 1. The molecule has 29 heavy (non-hydrogen) atoms. The van der Waals surface area contributed by atoms with Gasteiger partial charge in [-0.2, -0.15) is 0 Å². The van der Waals surface area contributed by atoms with Crippen LogP contribution in [0.4, 0.5) is 14.9 Å². The lowest BCUT2D eigenvalue weighted by atomic mass is 9.99. The number of ether oxygens (including phenoxy) is 2. The van der Waals surface area contributed by atoms with E-state index in [1.807, 2.05) is 0 Å². The van der Waals surface area contributed by atoms with Crippen molar-refractivity contribution >= 4 is 45.1 Å². The number of carbonyl (C=O) groups is 2. The van der Waals surface area contributed by atoms with Gasteiger partial charge in [0, 0.05) is 23.4 Å². The van der Waals surface area contributed by atoms with E-state index >= 15 is 0 Å². The second-order valence-electron chi connectivity index (χ2n) is 7.16. The monoisotopic (exact) mass is 486 g/mol. The molecule has 1 amide bonds. The Morgan fingerprint density at radius 3 is 2.52 bits per heavy atom. The van der Waals surface area contributed by atoms with Crippen molar-refractivity contribution in [1.29, 1.82) is 0 Å². The summed E-state index contributed by atoms with van der Waals surface area (Å²) in [6.07, 6.45) is -0.610. The largest absolute Gasteiger partial charge is 0.495 e. The Labute approximate surface area is 181 Å². The fourth-order valence-electron chi connectivity index (χ4n) is 2.58. The Hall–Kier alpha value is -2.32. The highest BCUT2D eigenvalue weighted by Crippen LogP contribution is 2.38. The molecular formula is C20H21BrClFN2O4. The van der Waals surface area contributed by atoms with Gasteiger partial charge in [0.05, 0.1) is 22.2 Å². The first-order valence-corrected chi connectivity index (χ1v) is 9.73. The summed E-state index contributed by atoms with van der Waals surface area (Å²) in [5, 5.41) is 2.70. The number of alkyl carbamates (subject to hydrolysis) is 1. The zero-order valence-electron chi connectivity index (χ0n) is 16.4. The molecule has 156 valence electrons. The van der Waals surface area contributed by atoms with E-state index in [1.165, 1.54) is 19.2 Å². The normalized spacial score (nSPS) is 11.1. The van der Waals surface area contributed by atoms with Gasteiger partial charge in [0.15, 0.2) is 5.78 Å². The average molecular weight is 488 g/mol. The molecule has 0 atom stereocenters. The number of rotatable bonds is 5. The van der Waals surface area contributed by atoms with Crippen LogP contribution in [0.2, 0.25) is 5.02 Å². The van der Waals surface area contributed by atoms with Gasteiger partial charge in [0.25, 0.3) is 0 Å². The van der Waals surface area contributed by atoms with E-state index in [0.29, 0.717) is 11.3 Å². The maximum atomic E-state index is 13.6. The maximum Gasteiger partial charge on any atom is 0.407 e. The van der Waals surface area contributed by atoms with Gasteiger partial charge in [-0.25, -0.2) is 9.18 Å². The lowest BCUT2D eigenvalue weighted by molar-refractivity contribution is 0.0523. The van der Waals surface area contributed by atoms with Gasteiger partial charge in [0.2, 0.25) is 0 Å². The van der Waals surface area contributed by atoms with E-state index in [4.69, 9.17) is 26.8 Å². The molecule has 0 saturated carbocycles. The molecule has 2 rings (SSSR count). The van der Waals surface area contributed by atoms with Gasteiger partial charge >= 0.3 is 6.09 Å². The van der Waals surface area contributed by atoms with E-state index in [-0.39, 0.29) is 32.9 Å². The van der Waals surface area contributed by atoms with Crippen LogP contribution in [-0.4, -0.2) is 24.6 Å². The molecule has 0 fully saturated rings. The van der Waals surface area contributed by atoms with Crippen LogP contribution in [0.1, 0.15) is 42.3 Å². The minimum Gasteiger partial charge on any atom is -0.495 e. The van der Waals surface area contributed by atoms with Crippen molar-refractivity contribution in [2.45, 2.75) is 32.9 Å². The second kappa shape index (κ2) is 9.00. The molecule has 0 bridgehead atoms. The number of nitrogens with two attached hydrogens (primary N) is 1. The Morgan fingerprint density at radius 1 is 1.28 bits per heavy atom. The summed E-state index contributed by atoms with van der Waals surface area (Å²) in [6.45, 7) is 5.30. The number of hydrogen-bond acceptors (Lipinski definition) is 5. The topological polar surface area (TPSA) is 90.7 Å². The molecule has 2 aromatic rings. The highest BCUT2D eigenvalue weighted by Gasteiger charge is 2.24. The fourth-order valence-corrected chi connectivity index (χ4v) is 3.61. The summed E-state index contributed by atoms with van der Waals surface area (Å²) < 4.78 is 24.5. The second-order valence-corrected chi connectivity index (χ2v) is 8.36.